The quantitative estimate of drug-likeness (QED) is 0.787. The fourth-order valence-corrected chi connectivity index (χ4v) is 4.86. The number of nitrogens with zero attached hydrogens (tertiary/aromatic N) is 1. The van der Waals surface area contributed by atoms with Crippen LogP contribution in [-0.4, -0.2) is 29.8 Å². The van der Waals surface area contributed by atoms with Gasteiger partial charge in [-0.15, -0.1) is 0 Å². The van der Waals surface area contributed by atoms with E-state index in [2.05, 4.69) is 5.32 Å². The number of hydrogen-bond donors (Lipinski definition) is 1. The second-order valence-corrected chi connectivity index (χ2v) is 8.54. The molecule has 2 amide bonds. The molecule has 0 bridgehead atoms. The van der Waals surface area contributed by atoms with E-state index in [1.165, 1.54) is 18.6 Å². The summed E-state index contributed by atoms with van der Waals surface area (Å²) in [7, 11) is 0. The van der Waals surface area contributed by atoms with Crippen LogP contribution in [0.3, 0.4) is 0 Å². The van der Waals surface area contributed by atoms with Crippen molar-refractivity contribution in [2.45, 2.75) is 56.9 Å². The standard InChI is InChI=1S/C25H29FN2O2/c26-22-11-7-10-21(17-22)25(12-2-3-13-25)24(30)27-18-19-8-6-9-20(16-19)23(29)28-14-4-1-5-15-28/h6-11,16-17H,1-5,12-15,18H2,(H,27,30). The highest BCUT2D eigenvalue weighted by atomic mass is 19.1. The van der Waals surface area contributed by atoms with E-state index in [-0.39, 0.29) is 17.6 Å². The molecule has 0 aromatic heterocycles. The van der Waals surface area contributed by atoms with Gasteiger partial charge in [0.2, 0.25) is 5.91 Å². The topological polar surface area (TPSA) is 49.4 Å². The second kappa shape index (κ2) is 8.99. The molecule has 30 heavy (non-hydrogen) atoms. The van der Waals surface area contributed by atoms with Crippen molar-refractivity contribution in [3.8, 4) is 0 Å². The van der Waals surface area contributed by atoms with E-state index < -0.39 is 5.41 Å². The number of piperidine rings is 1. The van der Waals surface area contributed by atoms with Crippen LogP contribution in [0.5, 0.6) is 0 Å². The van der Waals surface area contributed by atoms with Crippen LogP contribution < -0.4 is 5.32 Å². The molecule has 2 aromatic carbocycles. The molecule has 0 atom stereocenters. The van der Waals surface area contributed by atoms with Crippen LogP contribution in [0, 0.1) is 5.82 Å². The zero-order valence-electron chi connectivity index (χ0n) is 17.3. The first-order valence-corrected chi connectivity index (χ1v) is 11.0. The van der Waals surface area contributed by atoms with Crippen LogP contribution in [0.1, 0.15) is 66.4 Å². The van der Waals surface area contributed by atoms with Crippen LogP contribution >= 0.6 is 0 Å². The van der Waals surface area contributed by atoms with Gasteiger partial charge in [-0.3, -0.25) is 9.59 Å². The molecule has 4 nitrogen and oxygen atoms in total. The molecule has 1 N–H and O–H groups in total. The van der Waals surface area contributed by atoms with Gasteiger partial charge >= 0.3 is 0 Å². The van der Waals surface area contributed by atoms with Crippen LogP contribution in [0.25, 0.3) is 0 Å². The van der Waals surface area contributed by atoms with Crippen molar-refractivity contribution >= 4 is 11.8 Å². The van der Waals surface area contributed by atoms with Gasteiger partial charge in [-0.25, -0.2) is 4.39 Å². The van der Waals surface area contributed by atoms with Crippen LogP contribution in [0.15, 0.2) is 48.5 Å². The summed E-state index contributed by atoms with van der Waals surface area (Å²) in [6.45, 7) is 1.99. The first-order valence-electron chi connectivity index (χ1n) is 11.0. The fourth-order valence-electron chi connectivity index (χ4n) is 4.86. The lowest BCUT2D eigenvalue weighted by Crippen LogP contribution is -2.42. The number of benzene rings is 2. The van der Waals surface area contributed by atoms with Crippen molar-refractivity contribution in [3.63, 3.8) is 0 Å². The minimum atomic E-state index is -0.663. The smallest absolute Gasteiger partial charge is 0.253 e. The molecule has 2 fully saturated rings. The summed E-state index contributed by atoms with van der Waals surface area (Å²) in [5.74, 6) is -0.302. The third kappa shape index (κ3) is 4.25. The van der Waals surface area contributed by atoms with E-state index in [1.54, 1.807) is 6.07 Å². The molecule has 2 aromatic rings. The molecular formula is C25H29FN2O2. The molecular weight excluding hydrogens is 379 g/mol. The molecule has 1 aliphatic carbocycles. The van der Waals surface area contributed by atoms with Gasteiger partial charge in [0.15, 0.2) is 0 Å². The van der Waals surface area contributed by atoms with Crippen molar-refractivity contribution in [2.75, 3.05) is 13.1 Å². The van der Waals surface area contributed by atoms with Crippen LogP contribution in [0.4, 0.5) is 4.39 Å². The van der Waals surface area contributed by atoms with Crippen molar-refractivity contribution < 1.29 is 14.0 Å². The van der Waals surface area contributed by atoms with E-state index in [9.17, 15) is 14.0 Å². The molecule has 0 radical (unpaired) electrons. The minimum Gasteiger partial charge on any atom is -0.351 e. The molecule has 2 aliphatic rings. The SMILES string of the molecule is O=C(c1cccc(CNC(=O)C2(c3cccc(F)c3)CCCC2)c1)N1CCCCC1. The van der Waals surface area contributed by atoms with E-state index in [0.717, 1.165) is 62.7 Å². The van der Waals surface area contributed by atoms with Crippen LogP contribution in [0.2, 0.25) is 0 Å². The molecule has 1 saturated carbocycles. The van der Waals surface area contributed by atoms with Crippen molar-refractivity contribution in [1.29, 1.82) is 0 Å². The zero-order chi connectivity index (χ0) is 21.0. The lowest BCUT2D eigenvalue weighted by Gasteiger charge is -2.28. The molecule has 158 valence electrons. The van der Waals surface area contributed by atoms with Gasteiger partial charge in [-0.1, -0.05) is 37.1 Å². The Labute approximate surface area is 177 Å². The second-order valence-electron chi connectivity index (χ2n) is 8.54. The molecule has 1 heterocycles. The summed E-state index contributed by atoms with van der Waals surface area (Å²) < 4.78 is 13.8. The van der Waals surface area contributed by atoms with Crippen molar-refractivity contribution in [1.82, 2.24) is 10.2 Å². The summed E-state index contributed by atoms with van der Waals surface area (Å²) in [5.41, 5.74) is 1.66. The third-order valence-corrected chi connectivity index (χ3v) is 6.54. The summed E-state index contributed by atoms with van der Waals surface area (Å²) in [6, 6.07) is 13.9. The number of amides is 2. The lowest BCUT2D eigenvalue weighted by molar-refractivity contribution is -0.126. The monoisotopic (exact) mass is 408 g/mol. The van der Waals surface area contributed by atoms with E-state index in [1.807, 2.05) is 35.2 Å². The Morgan fingerprint density at radius 2 is 1.67 bits per heavy atom. The Kier molecular flexibility index (Phi) is 6.16. The van der Waals surface area contributed by atoms with Gasteiger partial charge in [0.1, 0.15) is 5.82 Å². The van der Waals surface area contributed by atoms with Crippen molar-refractivity contribution in [3.05, 3.63) is 71.0 Å². The Morgan fingerprint density at radius 1 is 0.933 bits per heavy atom. The highest BCUT2D eigenvalue weighted by molar-refractivity contribution is 5.94. The summed E-state index contributed by atoms with van der Waals surface area (Å²) >= 11 is 0. The highest BCUT2D eigenvalue weighted by Gasteiger charge is 2.42. The Hall–Kier alpha value is -2.69. The average Bonchev–Trinajstić information content (AvgIpc) is 3.29. The molecule has 1 saturated heterocycles. The van der Waals surface area contributed by atoms with Crippen LogP contribution in [-0.2, 0) is 16.8 Å². The summed E-state index contributed by atoms with van der Waals surface area (Å²) in [4.78, 5) is 27.9. The maximum absolute atomic E-state index is 13.8. The minimum absolute atomic E-state index is 0.0571. The fraction of sp³-hybridized carbons (Fsp3) is 0.440. The van der Waals surface area contributed by atoms with E-state index in [0.29, 0.717) is 12.1 Å². The number of hydrogen-bond acceptors (Lipinski definition) is 2. The first kappa shape index (κ1) is 20.6. The van der Waals surface area contributed by atoms with E-state index >= 15 is 0 Å². The van der Waals surface area contributed by atoms with Gasteiger partial charge in [-0.05, 0) is 67.5 Å². The predicted octanol–water partition coefficient (Wildman–Crippen LogP) is 4.58. The summed E-state index contributed by atoms with van der Waals surface area (Å²) in [5, 5.41) is 3.06. The maximum Gasteiger partial charge on any atom is 0.253 e. The van der Waals surface area contributed by atoms with Crippen molar-refractivity contribution in [2.24, 2.45) is 0 Å². The number of likely N-dealkylation sites (tertiary alicyclic amines) is 1. The van der Waals surface area contributed by atoms with Gasteiger partial charge in [0.05, 0.1) is 5.41 Å². The predicted molar refractivity (Wildman–Crippen MR) is 115 cm³/mol. The number of halogens is 1. The van der Waals surface area contributed by atoms with E-state index in [4.69, 9.17) is 0 Å². The molecule has 0 spiro atoms. The molecule has 4 rings (SSSR count). The first-order chi connectivity index (χ1) is 14.6. The van der Waals surface area contributed by atoms with Gasteiger partial charge in [-0.2, -0.15) is 0 Å². The highest BCUT2D eigenvalue weighted by Crippen LogP contribution is 2.41. The molecule has 5 heteroatoms. The number of carbonyl (C=O) groups excluding carboxylic acids is 2. The van der Waals surface area contributed by atoms with Gasteiger partial charge < -0.3 is 10.2 Å². The number of carbonyl (C=O) groups is 2. The third-order valence-electron chi connectivity index (χ3n) is 6.54. The number of nitrogens with one attached hydrogen (secondary N) is 1. The zero-order valence-corrected chi connectivity index (χ0v) is 17.3. The Morgan fingerprint density at radius 3 is 2.40 bits per heavy atom. The normalized spacial score (nSPS) is 18.2. The largest absolute Gasteiger partial charge is 0.351 e. The maximum atomic E-state index is 13.8. The molecule has 1 aliphatic heterocycles. The molecule has 0 unspecified atom stereocenters. The Bertz CT molecular complexity index is 915. The van der Waals surface area contributed by atoms with Gasteiger partial charge in [0, 0.05) is 25.2 Å². The summed E-state index contributed by atoms with van der Waals surface area (Å²) in [6.07, 6.45) is 6.69. The average molecular weight is 409 g/mol. The Balaban J connectivity index is 1.46. The van der Waals surface area contributed by atoms with Gasteiger partial charge in [0.25, 0.3) is 5.91 Å². The number of rotatable bonds is 5. The lowest BCUT2D eigenvalue weighted by atomic mass is 9.78.